The molecule has 4 aliphatic rings. The van der Waals surface area contributed by atoms with Crippen LogP contribution >= 0.6 is 0 Å². The van der Waals surface area contributed by atoms with E-state index < -0.39 is 0 Å². The molecule has 158 valence electrons. The third-order valence-corrected chi connectivity index (χ3v) is 10.0. The molecule has 0 bridgehead atoms. The van der Waals surface area contributed by atoms with Crippen molar-refractivity contribution in [3.05, 3.63) is 23.3 Å². The van der Waals surface area contributed by atoms with Crippen LogP contribution in [0.3, 0.4) is 0 Å². The summed E-state index contributed by atoms with van der Waals surface area (Å²) < 4.78 is 0. The molecule has 28 heavy (non-hydrogen) atoms. The minimum Gasteiger partial charge on any atom is -0.393 e. The molecule has 0 aromatic heterocycles. The van der Waals surface area contributed by atoms with Crippen LogP contribution in [0.15, 0.2) is 23.3 Å². The predicted octanol–water partition coefficient (Wildman–Crippen LogP) is 7.31. The number of hydrogen-bond acceptors (Lipinski definition) is 1. The molecule has 4 aliphatic carbocycles. The first-order valence-corrected chi connectivity index (χ1v) is 12.3. The van der Waals surface area contributed by atoms with Gasteiger partial charge in [0.25, 0.3) is 0 Å². The molecular weight excluding hydrogens is 340 g/mol. The summed E-state index contributed by atoms with van der Waals surface area (Å²) in [5, 5.41) is 10.2. The number of fused-ring (bicyclic) bond motifs is 5. The van der Waals surface area contributed by atoms with Gasteiger partial charge in [-0.15, -0.1) is 0 Å². The zero-order valence-electron chi connectivity index (χ0n) is 19.1. The number of aliphatic hydroxyl groups excluding tert-OH is 1. The molecule has 8 atom stereocenters. The van der Waals surface area contributed by atoms with Crippen molar-refractivity contribution in [1.29, 1.82) is 0 Å². The maximum Gasteiger partial charge on any atom is 0.0577 e. The van der Waals surface area contributed by atoms with Crippen molar-refractivity contribution < 1.29 is 5.11 Å². The largest absolute Gasteiger partial charge is 0.393 e. The lowest BCUT2D eigenvalue weighted by Gasteiger charge is -2.58. The van der Waals surface area contributed by atoms with Gasteiger partial charge in [0.15, 0.2) is 0 Å². The molecule has 0 aromatic carbocycles. The average molecular weight is 385 g/mol. The third-order valence-electron chi connectivity index (χ3n) is 10.0. The summed E-state index contributed by atoms with van der Waals surface area (Å²) in [5.74, 6) is 4.49. The van der Waals surface area contributed by atoms with Crippen LogP contribution in [0, 0.1) is 40.4 Å². The van der Waals surface area contributed by atoms with E-state index in [9.17, 15) is 5.11 Å². The van der Waals surface area contributed by atoms with Crippen molar-refractivity contribution in [2.24, 2.45) is 40.4 Å². The summed E-state index contributed by atoms with van der Waals surface area (Å²) in [4.78, 5) is 0. The highest BCUT2D eigenvalue weighted by Gasteiger charge is 2.58. The molecule has 1 nitrogen and oxygen atoms in total. The second-order valence-corrected chi connectivity index (χ2v) is 11.7. The van der Waals surface area contributed by atoms with Crippen molar-refractivity contribution in [2.75, 3.05) is 0 Å². The Morgan fingerprint density at radius 3 is 2.68 bits per heavy atom. The first kappa shape index (κ1) is 20.7. The Bertz CT molecular complexity index is 641. The van der Waals surface area contributed by atoms with Crippen LogP contribution in [-0.4, -0.2) is 11.2 Å². The normalized spacial score (nSPS) is 46.1. The summed E-state index contributed by atoms with van der Waals surface area (Å²) in [7, 11) is 0. The molecule has 0 spiro atoms. The number of hydrogen-bond donors (Lipinski definition) is 1. The third kappa shape index (κ3) is 3.34. The maximum absolute atomic E-state index is 10.2. The van der Waals surface area contributed by atoms with Gasteiger partial charge in [0.05, 0.1) is 6.10 Å². The summed E-state index contributed by atoms with van der Waals surface area (Å²) >= 11 is 0. The van der Waals surface area contributed by atoms with E-state index in [0.29, 0.717) is 10.8 Å². The molecule has 3 fully saturated rings. The number of rotatable bonds is 4. The molecule has 0 heterocycles. The van der Waals surface area contributed by atoms with Crippen LogP contribution in [-0.2, 0) is 0 Å². The molecule has 0 amide bonds. The minimum absolute atomic E-state index is 0.0813. The lowest BCUT2D eigenvalue weighted by atomic mass is 9.47. The van der Waals surface area contributed by atoms with Crippen LogP contribution < -0.4 is 0 Å². The molecule has 0 aliphatic heterocycles. The predicted molar refractivity (Wildman–Crippen MR) is 119 cm³/mol. The standard InChI is InChI=1S/C27H44O/c1-18(2)7-6-8-19(3)23-11-12-24-22-10-9-20-17-21(28)13-15-26(20,4)25(22)14-16-27(23,24)5/h7,9,19,21-25,28H,6,8,10-17H2,1-5H3/t19-,21+,22+,23-,24+,25+,26+,27?/m1/s1. The van der Waals surface area contributed by atoms with E-state index in [1.165, 1.54) is 56.9 Å². The molecule has 0 aromatic rings. The van der Waals surface area contributed by atoms with E-state index >= 15 is 0 Å². The monoisotopic (exact) mass is 384 g/mol. The Hall–Kier alpha value is -0.560. The first-order chi connectivity index (χ1) is 13.3. The van der Waals surface area contributed by atoms with Crippen molar-refractivity contribution in [1.82, 2.24) is 0 Å². The molecular formula is C27H44O. The van der Waals surface area contributed by atoms with Crippen molar-refractivity contribution in [3.8, 4) is 0 Å². The van der Waals surface area contributed by atoms with E-state index in [-0.39, 0.29) is 6.10 Å². The maximum atomic E-state index is 10.2. The van der Waals surface area contributed by atoms with Gasteiger partial charge in [-0.1, -0.05) is 44.1 Å². The Morgan fingerprint density at radius 1 is 1.14 bits per heavy atom. The van der Waals surface area contributed by atoms with Gasteiger partial charge in [-0.3, -0.25) is 0 Å². The fraction of sp³-hybridized carbons (Fsp3) is 0.852. The van der Waals surface area contributed by atoms with Crippen molar-refractivity contribution in [3.63, 3.8) is 0 Å². The summed E-state index contributed by atoms with van der Waals surface area (Å²) in [6.07, 6.45) is 17.9. The van der Waals surface area contributed by atoms with Gasteiger partial charge in [0.2, 0.25) is 0 Å². The molecule has 3 saturated carbocycles. The Kier molecular flexibility index (Phi) is 5.62. The van der Waals surface area contributed by atoms with Gasteiger partial charge in [-0.25, -0.2) is 0 Å². The molecule has 0 saturated heterocycles. The lowest BCUT2D eigenvalue weighted by Crippen LogP contribution is -2.50. The van der Waals surface area contributed by atoms with Crippen LogP contribution in [0.25, 0.3) is 0 Å². The lowest BCUT2D eigenvalue weighted by molar-refractivity contribution is -0.0571. The fourth-order valence-electron chi connectivity index (χ4n) is 8.45. The first-order valence-electron chi connectivity index (χ1n) is 12.3. The van der Waals surface area contributed by atoms with E-state index in [1.54, 1.807) is 5.57 Å². The van der Waals surface area contributed by atoms with E-state index in [2.05, 4.69) is 46.8 Å². The smallest absolute Gasteiger partial charge is 0.0577 e. The highest BCUT2D eigenvalue weighted by Crippen LogP contribution is 2.67. The van der Waals surface area contributed by atoms with Crippen LogP contribution in [0.5, 0.6) is 0 Å². The summed E-state index contributed by atoms with van der Waals surface area (Å²) in [6.45, 7) is 12.2. The van der Waals surface area contributed by atoms with Gasteiger partial charge in [-0.05, 0) is 118 Å². The van der Waals surface area contributed by atoms with E-state index in [1.807, 2.05) is 0 Å². The van der Waals surface area contributed by atoms with Gasteiger partial charge < -0.3 is 5.11 Å². The minimum atomic E-state index is -0.0813. The quantitative estimate of drug-likeness (QED) is 0.504. The number of aliphatic hydroxyl groups is 1. The molecule has 0 radical (unpaired) electrons. The Balaban J connectivity index is 1.51. The number of allylic oxidation sites excluding steroid dienone is 3. The molecule has 1 unspecified atom stereocenters. The zero-order chi connectivity index (χ0) is 20.1. The molecule has 1 N–H and O–H groups in total. The second kappa shape index (κ2) is 7.60. The molecule has 1 heteroatoms. The van der Waals surface area contributed by atoms with Gasteiger partial charge in [0.1, 0.15) is 0 Å². The summed E-state index contributed by atoms with van der Waals surface area (Å²) in [5.41, 5.74) is 4.04. The van der Waals surface area contributed by atoms with E-state index in [0.717, 1.165) is 42.4 Å². The topological polar surface area (TPSA) is 20.2 Å². The van der Waals surface area contributed by atoms with Gasteiger partial charge in [0, 0.05) is 0 Å². The Labute approximate surface area is 174 Å². The van der Waals surface area contributed by atoms with E-state index in [4.69, 9.17) is 0 Å². The van der Waals surface area contributed by atoms with Crippen molar-refractivity contribution >= 4 is 0 Å². The fourth-order valence-corrected chi connectivity index (χ4v) is 8.45. The highest BCUT2D eigenvalue weighted by molar-refractivity contribution is 5.25. The molecule has 4 rings (SSSR count). The van der Waals surface area contributed by atoms with Gasteiger partial charge >= 0.3 is 0 Å². The summed E-state index contributed by atoms with van der Waals surface area (Å²) in [6, 6.07) is 0. The van der Waals surface area contributed by atoms with Crippen LogP contribution in [0.2, 0.25) is 0 Å². The van der Waals surface area contributed by atoms with Crippen LogP contribution in [0.4, 0.5) is 0 Å². The van der Waals surface area contributed by atoms with Crippen molar-refractivity contribution in [2.45, 2.75) is 105 Å². The zero-order valence-corrected chi connectivity index (χ0v) is 19.1. The highest BCUT2D eigenvalue weighted by atomic mass is 16.3. The second-order valence-electron chi connectivity index (χ2n) is 11.7. The average Bonchev–Trinajstić information content (AvgIpc) is 2.99. The Morgan fingerprint density at radius 2 is 1.93 bits per heavy atom. The van der Waals surface area contributed by atoms with Gasteiger partial charge in [-0.2, -0.15) is 0 Å². The van der Waals surface area contributed by atoms with Crippen LogP contribution in [0.1, 0.15) is 98.8 Å². The SMILES string of the molecule is CC(C)=CCC[C@@H](C)[C@H]1CC[C@H]2[C@@H]3CC=C4C[C@@H](O)CC[C@]4(C)[C@H]3CCC12C.